The molecule has 42 heavy (non-hydrogen) atoms. The third-order valence-electron chi connectivity index (χ3n) is 7.47. The number of urea groups is 1. The molecule has 0 unspecified atom stereocenters. The highest BCUT2D eigenvalue weighted by Gasteiger charge is 2.23. The molecule has 0 saturated carbocycles. The third kappa shape index (κ3) is 5.91. The topological polar surface area (TPSA) is 96.2 Å². The van der Waals surface area contributed by atoms with Crippen LogP contribution in [-0.4, -0.2) is 20.7 Å². The molecule has 0 radical (unpaired) electrons. The standard InChI is InChI=1S/C35H36N4O3/c1-22(2)27-15-9-16-28(23(3)4)31(27)37-35(42)38-32-30(25-13-8-14-26(40)21-25)29-17-10-19-36-33(29)39(34(32)41)20-18-24-11-6-5-7-12-24/h5-17,19,21-23,40H,18,20H2,1-4H3,(H2,37,38,42). The van der Waals surface area contributed by atoms with E-state index in [2.05, 4.69) is 43.3 Å². The van der Waals surface area contributed by atoms with Crippen molar-refractivity contribution in [2.75, 3.05) is 10.6 Å². The molecule has 0 aliphatic heterocycles. The highest BCUT2D eigenvalue weighted by molar-refractivity contribution is 6.07. The van der Waals surface area contributed by atoms with Crippen molar-refractivity contribution >= 4 is 28.4 Å². The molecule has 2 amide bonds. The molecule has 3 N–H and O–H groups in total. The Bertz CT molecular complexity index is 1770. The molecule has 3 aromatic carbocycles. The summed E-state index contributed by atoms with van der Waals surface area (Å²) in [6.45, 7) is 8.73. The predicted molar refractivity (Wildman–Crippen MR) is 171 cm³/mol. The molecule has 0 bridgehead atoms. The minimum atomic E-state index is -0.513. The SMILES string of the molecule is CC(C)c1cccc(C(C)C)c1NC(=O)Nc1c(-c2cccc(O)c2)c2cccnc2n(CCc2ccccc2)c1=O. The summed E-state index contributed by atoms with van der Waals surface area (Å²) < 4.78 is 1.62. The predicted octanol–water partition coefficient (Wildman–Crippen LogP) is 7.90. The number of fused-ring (bicyclic) bond motifs is 1. The maximum absolute atomic E-state index is 14.2. The summed E-state index contributed by atoms with van der Waals surface area (Å²) in [7, 11) is 0. The number of aromatic hydroxyl groups is 1. The van der Waals surface area contributed by atoms with Crippen molar-refractivity contribution < 1.29 is 9.90 Å². The minimum Gasteiger partial charge on any atom is -0.508 e. The first kappa shape index (κ1) is 28.6. The van der Waals surface area contributed by atoms with Gasteiger partial charge < -0.3 is 15.7 Å². The highest BCUT2D eigenvalue weighted by atomic mass is 16.3. The number of aryl methyl sites for hydroxylation is 2. The van der Waals surface area contributed by atoms with Gasteiger partial charge in [0.25, 0.3) is 5.56 Å². The molecule has 214 valence electrons. The van der Waals surface area contributed by atoms with Crippen LogP contribution in [0.1, 0.15) is 56.2 Å². The summed E-state index contributed by atoms with van der Waals surface area (Å²) in [6, 6.07) is 25.8. The van der Waals surface area contributed by atoms with Gasteiger partial charge in [0.05, 0.1) is 0 Å². The lowest BCUT2D eigenvalue weighted by Gasteiger charge is -2.22. The van der Waals surface area contributed by atoms with E-state index in [9.17, 15) is 14.7 Å². The van der Waals surface area contributed by atoms with Gasteiger partial charge in [0.2, 0.25) is 0 Å². The van der Waals surface area contributed by atoms with Crippen molar-refractivity contribution in [1.29, 1.82) is 0 Å². The third-order valence-corrected chi connectivity index (χ3v) is 7.47. The van der Waals surface area contributed by atoms with Crippen molar-refractivity contribution in [2.24, 2.45) is 0 Å². The smallest absolute Gasteiger partial charge is 0.323 e. The Morgan fingerprint density at radius 2 is 1.50 bits per heavy atom. The zero-order chi connectivity index (χ0) is 29.8. The Morgan fingerprint density at radius 3 is 2.17 bits per heavy atom. The number of amides is 2. The second-order valence-electron chi connectivity index (χ2n) is 11.1. The summed E-state index contributed by atoms with van der Waals surface area (Å²) in [5.41, 5.74) is 5.25. The lowest BCUT2D eigenvalue weighted by molar-refractivity contribution is 0.262. The van der Waals surface area contributed by atoms with Crippen LogP contribution < -0.4 is 16.2 Å². The normalized spacial score (nSPS) is 11.3. The van der Waals surface area contributed by atoms with Crippen molar-refractivity contribution in [1.82, 2.24) is 9.55 Å². The molecule has 0 aliphatic rings. The van der Waals surface area contributed by atoms with E-state index in [0.717, 1.165) is 22.4 Å². The summed E-state index contributed by atoms with van der Waals surface area (Å²) in [5.74, 6) is 0.424. The number of carbonyl (C=O) groups excluding carboxylic acids is 1. The number of pyridine rings is 2. The van der Waals surface area contributed by atoms with Gasteiger partial charge in [-0.1, -0.05) is 88.4 Å². The van der Waals surface area contributed by atoms with Crippen molar-refractivity contribution in [3.05, 3.63) is 118 Å². The van der Waals surface area contributed by atoms with Gasteiger partial charge >= 0.3 is 6.03 Å². The highest BCUT2D eigenvalue weighted by Crippen LogP contribution is 2.36. The van der Waals surface area contributed by atoms with Gasteiger partial charge in [-0.25, -0.2) is 9.78 Å². The van der Waals surface area contributed by atoms with E-state index in [1.54, 1.807) is 35.0 Å². The number of nitrogens with one attached hydrogen (secondary N) is 2. The molecule has 0 aliphatic carbocycles. The molecule has 0 spiro atoms. The lowest BCUT2D eigenvalue weighted by Crippen LogP contribution is -2.30. The second kappa shape index (κ2) is 12.3. The number of phenolic OH excluding ortho intramolecular Hbond substituents is 1. The number of hydrogen-bond acceptors (Lipinski definition) is 4. The van der Waals surface area contributed by atoms with E-state index in [0.29, 0.717) is 35.1 Å². The van der Waals surface area contributed by atoms with E-state index in [-0.39, 0.29) is 28.8 Å². The molecule has 2 heterocycles. The zero-order valence-electron chi connectivity index (χ0n) is 24.4. The average Bonchev–Trinajstić information content (AvgIpc) is 2.97. The van der Waals surface area contributed by atoms with Crippen LogP contribution in [-0.2, 0) is 13.0 Å². The van der Waals surface area contributed by atoms with E-state index in [1.807, 2.05) is 60.7 Å². The molecular formula is C35H36N4O3. The largest absolute Gasteiger partial charge is 0.508 e. The van der Waals surface area contributed by atoms with Crippen molar-refractivity contribution in [3.8, 4) is 16.9 Å². The van der Waals surface area contributed by atoms with E-state index >= 15 is 0 Å². The first-order valence-corrected chi connectivity index (χ1v) is 14.3. The number of rotatable bonds is 8. The summed E-state index contributed by atoms with van der Waals surface area (Å²) in [4.78, 5) is 32.6. The summed E-state index contributed by atoms with van der Waals surface area (Å²) in [5, 5.41) is 17.0. The van der Waals surface area contributed by atoms with Gasteiger partial charge in [-0.3, -0.25) is 9.36 Å². The van der Waals surface area contributed by atoms with E-state index in [4.69, 9.17) is 0 Å². The van der Waals surface area contributed by atoms with Gasteiger partial charge in [0.15, 0.2) is 0 Å². The Morgan fingerprint density at radius 1 is 0.833 bits per heavy atom. The molecule has 5 aromatic rings. The van der Waals surface area contributed by atoms with Crippen LogP contribution in [0.15, 0.2) is 95.9 Å². The van der Waals surface area contributed by atoms with Crippen LogP contribution in [0.5, 0.6) is 5.75 Å². The Balaban J connectivity index is 1.65. The molecule has 5 rings (SSSR count). The van der Waals surface area contributed by atoms with Crippen LogP contribution in [0.3, 0.4) is 0 Å². The number of benzene rings is 3. The zero-order valence-corrected chi connectivity index (χ0v) is 24.4. The first-order valence-electron chi connectivity index (χ1n) is 14.3. The first-order chi connectivity index (χ1) is 20.2. The number of para-hydroxylation sites is 1. The van der Waals surface area contributed by atoms with Crippen molar-refractivity contribution in [2.45, 2.75) is 52.5 Å². The molecule has 2 aromatic heterocycles. The lowest BCUT2D eigenvalue weighted by atomic mass is 9.93. The number of aromatic nitrogens is 2. The van der Waals surface area contributed by atoms with Crippen LogP contribution >= 0.6 is 0 Å². The van der Waals surface area contributed by atoms with Crippen LogP contribution in [0.4, 0.5) is 16.2 Å². The van der Waals surface area contributed by atoms with Gasteiger partial charge in [-0.05, 0) is 64.8 Å². The summed E-state index contributed by atoms with van der Waals surface area (Å²) >= 11 is 0. The maximum atomic E-state index is 14.2. The molecule has 0 saturated heterocycles. The number of anilines is 2. The average molecular weight is 561 g/mol. The number of hydrogen-bond donors (Lipinski definition) is 3. The molecule has 7 nitrogen and oxygen atoms in total. The molecular weight excluding hydrogens is 524 g/mol. The van der Waals surface area contributed by atoms with E-state index < -0.39 is 6.03 Å². The fraction of sp³-hybridized carbons (Fsp3) is 0.229. The Kier molecular flexibility index (Phi) is 8.38. The van der Waals surface area contributed by atoms with Crippen LogP contribution in [0, 0.1) is 0 Å². The Hall–Kier alpha value is -4.91. The van der Waals surface area contributed by atoms with Crippen molar-refractivity contribution in [3.63, 3.8) is 0 Å². The van der Waals surface area contributed by atoms with Crippen LogP contribution in [0.25, 0.3) is 22.2 Å². The summed E-state index contributed by atoms with van der Waals surface area (Å²) in [6.07, 6.45) is 2.27. The number of carbonyl (C=O) groups is 1. The molecule has 0 fully saturated rings. The minimum absolute atomic E-state index is 0.0561. The number of phenols is 1. The Labute approximate surface area is 245 Å². The molecule has 0 atom stereocenters. The van der Waals surface area contributed by atoms with Gasteiger partial charge in [0, 0.05) is 29.4 Å². The van der Waals surface area contributed by atoms with E-state index in [1.165, 1.54) is 0 Å². The monoisotopic (exact) mass is 560 g/mol. The fourth-order valence-electron chi connectivity index (χ4n) is 5.40. The van der Waals surface area contributed by atoms with Gasteiger partial charge in [0.1, 0.15) is 17.1 Å². The quantitative estimate of drug-likeness (QED) is 0.180. The molecule has 7 heteroatoms. The van der Waals surface area contributed by atoms with Crippen LogP contribution in [0.2, 0.25) is 0 Å². The maximum Gasteiger partial charge on any atom is 0.323 e. The fourth-order valence-corrected chi connectivity index (χ4v) is 5.40. The van der Waals surface area contributed by atoms with Gasteiger partial charge in [-0.2, -0.15) is 0 Å². The van der Waals surface area contributed by atoms with Gasteiger partial charge in [-0.15, -0.1) is 0 Å². The second-order valence-corrected chi connectivity index (χ2v) is 11.1. The number of nitrogens with zero attached hydrogens (tertiary/aromatic N) is 2.